The fourth-order valence-corrected chi connectivity index (χ4v) is 3.00. The summed E-state index contributed by atoms with van der Waals surface area (Å²) in [4.78, 5) is 11.5. The number of carboxylic acid groups (broad SMARTS) is 1. The molecule has 0 heterocycles. The van der Waals surface area contributed by atoms with Crippen LogP contribution < -0.4 is 0 Å². The number of aliphatic carboxylic acids is 1. The number of carboxylic acids is 1. The molecule has 1 atom stereocenters. The molecular formula is C15H12Br2O2. The van der Waals surface area contributed by atoms with Gasteiger partial charge >= 0.3 is 5.97 Å². The summed E-state index contributed by atoms with van der Waals surface area (Å²) in [6.45, 7) is 0. The van der Waals surface area contributed by atoms with Crippen LogP contribution in [0.5, 0.6) is 0 Å². The predicted molar refractivity (Wildman–Crippen MR) is 82.4 cm³/mol. The topological polar surface area (TPSA) is 37.3 Å². The molecule has 1 unspecified atom stereocenters. The smallest absolute Gasteiger partial charge is 0.311 e. The number of halogens is 2. The average molecular weight is 384 g/mol. The first-order valence-electron chi connectivity index (χ1n) is 5.79. The summed E-state index contributed by atoms with van der Waals surface area (Å²) in [6, 6.07) is 15.2. The molecule has 2 aromatic rings. The van der Waals surface area contributed by atoms with E-state index in [1.54, 1.807) is 0 Å². The second-order valence-corrected chi connectivity index (χ2v) is 6.02. The maximum Gasteiger partial charge on any atom is 0.311 e. The van der Waals surface area contributed by atoms with Gasteiger partial charge < -0.3 is 5.11 Å². The summed E-state index contributed by atoms with van der Waals surface area (Å²) in [7, 11) is 0. The van der Waals surface area contributed by atoms with Crippen molar-refractivity contribution >= 4 is 37.8 Å². The maximum atomic E-state index is 11.5. The van der Waals surface area contributed by atoms with Crippen LogP contribution in [0, 0.1) is 0 Å². The van der Waals surface area contributed by atoms with Crippen molar-refractivity contribution in [1.29, 1.82) is 0 Å². The Kier molecular flexibility index (Phi) is 4.77. The van der Waals surface area contributed by atoms with Crippen LogP contribution in [0.15, 0.2) is 57.5 Å². The van der Waals surface area contributed by atoms with E-state index in [0.717, 1.165) is 20.1 Å². The summed E-state index contributed by atoms with van der Waals surface area (Å²) in [5.41, 5.74) is 1.80. The molecule has 4 heteroatoms. The molecule has 0 saturated carbocycles. The molecule has 0 spiro atoms. The highest BCUT2D eigenvalue weighted by atomic mass is 79.9. The lowest BCUT2D eigenvalue weighted by molar-refractivity contribution is -0.138. The molecule has 0 aliphatic rings. The molecule has 0 aliphatic heterocycles. The molecule has 2 rings (SSSR count). The van der Waals surface area contributed by atoms with Crippen molar-refractivity contribution in [3.8, 4) is 0 Å². The van der Waals surface area contributed by atoms with Gasteiger partial charge in [-0.2, -0.15) is 0 Å². The standard InChI is InChI=1S/C15H12Br2O2/c16-11-5-3-4-10(8-11)9-13(15(18)19)12-6-1-2-7-14(12)17/h1-8,13H,9H2,(H,18,19). The van der Waals surface area contributed by atoms with Crippen LogP contribution in [0.4, 0.5) is 0 Å². The van der Waals surface area contributed by atoms with Crippen LogP contribution in [0.2, 0.25) is 0 Å². The van der Waals surface area contributed by atoms with Crippen molar-refractivity contribution in [1.82, 2.24) is 0 Å². The average Bonchev–Trinajstić information content (AvgIpc) is 2.37. The van der Waals surface area contributed by atoms with Gasteiger partial charge in [0.25, 0.3) is 0 Å². The monoisotopic (exact) mass is 382 g/mol. The lowest BCUT2D eigenvalue weighted by Crippen LogP contribution is -2.15. The van der Waals surface area contributed by atoms with Gasteiger partial charge in [0.1, 0.15) is 0 Å². The Bertz CT molecular complexity index is 596. The Morgan fingerprint density at radius 3 is 2.47 bits per heavy atom. The zero-order chi connectivity index (χ0) is 13.8. The molecule has 0 amide bonds. The van der Waals surface area contributed by atoms with E-state index in [-0.39, 0.29) is 0 Å². The molecule has 0 fully saturated rings. The second-order valence-electron chi connectivity index (χ2n) is 4.25. The maximum absolute atomic E-state index is 11.5. The summed E-state index contributed by atoms with van der Waals surface area (Å²) in [6.07, 6.45) is 0.470. The molecule has 0 saturated heterocycles. The van der Waals surface area contributed by atoms with Crippen molar-refractivity contribution in [2.75, 3.05) is 0 Å². The SMILES string of the molecule is O=C(O)C(Cc1cccc(Br)c1)c1ccccc1Br. The minimum Gasteiger partial charge on any atom is -0.481 e. The molecule has 0 aliphatic carbocycles. The summed E-state index contributed by atoms with van der Waals surface area (Å²) in [5.74, 6) is -1.36. The lowest BCUT2D eigenvalue weighted by atomic mass is 9.92. The summed E-state index contributed by atoms with van der Waals surface area (Å²) in [5, 5.41) is 9.45. The number of hydrogen-bond acceptors (Lipinski definition) is 1. The van der Waals surface area contributed by atoms with Crippen LogP contribution in [0.25, 0.3) is 0 Å². The Hall–Kier alpha value is -1.13. The fourth-order valence-electron chi connectivity index (χ4n) is 1.99. The minimum absolute atomic E-state index is 0.470. The molecular weight excluding hydrogens is 372 g/mol. The summed E-state index contributed by atoms with van der Waals surface area (Å²) < 4.78 is 1.79. The van der Waals surface area contributed by atoms with Crippen LogP contribution in [0.3, 0.4) is 0 Å². The van der Waals surface area contributed by atoms with Gasteiger partial charge in [0, 0.05) is 8.95 Å². The lowest BCUT2D eigenvalue weighted by Gasteiger charge is -2.14. The van der Waals surface area contributed by atoms with Crippen molar-refractivity contribution in [3.05, 3.63) is 68.6 Å². The molecule has 1 N–H and O–H groups in total. The van der Waals surface area contributed by atoms with E-state index in [4.69, 9.17) is 0 Å². The van der Waals surface area contributed by atoms with Gasteiger partial charge in [-0.1, -0.05) is 62.2 Å². The van der Waals surface area contributed by atoms with Crippen LogP contribution >= 0.6 is 31.9 Å². The molecule has 2 nitrogen and oxygen atoms in total. The molecule has 19 heavy (non-hydrogen) atoms. The van der Waals surface area contributed by atoms with Crippen LogP contribution in [0.1, 0.15) is 17.0 Å². The quantitative estimate of drug-likeness (QED) is 0.836. The molecule has 98 valence electrons. The first-order chi connectivity index (χ1) is 9.08. The van der Waals surface area contributed by atoms with Gasteiger partial charge in [-0.05, 0) is 35.7 Å². The third-order valence-corrected chi connectivity index (χ3v) is 4.12. The molecule has 0 radical (unpaired) electrons. The number of carbonyl (C=O) groups is 1. The van der Waals surface area contributed by atoms with E-state index in [9.17, 15) is 9.90 Å². The molecule has 2 aromatic carbocycles. The van der Waals surface area contributed by atoms with Crippen molar-refractivity contribution in [3.63, 3.8) is 0 Å². The van der Waals surface area contributed by atoms with Crippen molar-refractivity contribution < 1.29 is 9.90 Å². The van der Waals surface area contributed by atoms with Gasteiger partial charge in [-0.25, -0.2) is 0 Å². The highest BCUT2D eigenvalue weighted by Gasteiger charge is 2.22. The number of rotatable bonds is 4. The highest BCUT2D eigenvalue weighted by Crippen LogP contribution is 2.28. The van der Waals surface area contributed by atoms with E-state index in [2.05, 4.69) is 31.9 Å². The van der Waals surface area contributed by atoms with Gasteiger partial charge in [0.05, 0.1) is 5.92 Å². The van der Waals surface area contributed by atoms with Gasteiger partial charge in [-0.15, -0.1) is 0 Å². The fraction of sp³-hybridized carbons (Fsp3) is 0.133. The van der Waals surface area contributed by atoms with E-state index in [1.807, 2.05) is 48.5 Å². The molecule has 0 bridgehead atoms. The predicted octanol–water partition coefficient (Wildman–Crippen LogP) is 4.62. The second kappa shape index (κ2) is 6.35. The van der Waals surface area contributed by atoms with Crippen LogP contribution in [-0.4, -0.2) is 11.1 Å². The number of benzene rings is 2. The Labute approximate surface area is 128 Å². The molecule has 0 aromatic heterocycles. The van der Waals surface area contributed by atoms with Gasteiger partial charge in [-0.3, -0.25) is 4.79 Å². The highest BCUT2D eigenvalue weighted by molar-refractivity contribution is 9.10. The Morgan fingerprint density at radius 1 is 1.11 bits per heavy atom. The third-order valence-electron chi connectivity index (χ3n) is 2.91. The summed E-state index contributed by atoms with van der Waals surface area (Å²) >= 11 is 6.82. The largest absolute Gasteiger partial charge is 0.481 e. The minimum atomic E-state index is -0.813. The first-order valence-corrected chi connectivity index (χ1v) is 7.38. The Morgan fingerprint density at radius 2 is 1.84 bits per heavy atom. The van der Waals surface area contributed by atoms with Gasteiger partial charge in [0.15, 0.2) is 0 Å². The van der Waals surface area contributed by atoms with E-state index >= 15 is 0 Å². The van der Waals surface area contributed by atoms with Gasteiger partial charge in [0.2, 0.25) is 0 Å². The third kappa shape index (κ3) is 3.67. The van der Waals surface area contributed by atoms with E-state index in [0.29, 0.717) is 6.42 Å². The normalized spacial score (nSPS) is 12.1. The van der Waals surface area contributed by atoms with Crippen LogP contribution in [-0.2, 0) is 11.2 Å². The number of hydrogen-bond donors (Lipinski definition) is 1. The van der Waals surface area contributed by atoms with E-state index < -0.39 is 11.9 Å². The first kappa shape index (κ1) is 14.3. The Balaban J connectivity index is 2.32. The van der Waals surface area contributed by atoms with Crippen molar-refractivity contribution in [2.45, 2.75) is 12.3 Å². The van der Waals surface area contributed by atoms with E-state index in [1.165, 1.54) is 0 Å². The van der Waals surface area contributed by atoms with Crippen molar-refractivity contribution in [2.24, 2.45) is 0 Å². The zero-order valence-electron chi connectivity index (χ0n) is 10.0. The zero-order valence-corrected chi connectivity index (χ0v) is 13.2.